The van der Waals surface area contributed by atoms with E-state index in [1.165, 1.54) is 0 Å². The lowest BCUT2D eigenvalue weighted by Crippen LogP contribution is -2.42. The van der Waals surface area contributed by atoms with Gasteiger partial charge in [-0.05, 0) is 31.2 Å². The number of rotatable bonds is 3. The summed E-state index contributed by atoms with van der Waals surface area (Å²) < 4.78 is 1.94. The van der Waals surface area contributed by atoms with Gasteiger partial charge in [-0.25, -0.2) is 4.98 Å². The van der Waals surface area contributed by atoms with Crippen molar-refractivity contribution in [3.8, 4) is 0 Å². The second-order valence-electron chi connectivity index (χ2n) is 6.28. The van der Waals surface area contributed by atoms with Crippen LogP contribution >= 0.6 is 0 Å². The van der Waals surface area contributed by atoms with Crippen molar-refractivity contribution >= 4 is 5.91 Å². The predicted molar refractivity (Wildman–Crippen MR) is 86.5 cm³/mol. The molecule has 0 bridgehead atoms. The third kappa shape index (κ3) is 3.06. The van der Waals surface area contributed by atoms with E-state index in [4.69, 9.17) is 0 Å². The number of piperidine rings is 1. The Bertz CT molecular complexity index is 627. The molecule has 0 aliphatic carbocycles. The number of likely N-dealkylation sites (tertiary alicyclic amines) is 1. The quantitative estimate of drug-likeness (QED) is 0.873. The molecule has 0 saturated carbocycles. The summed E-state index contributed by atoms with van der Waals surface area (Å²) >= 11 is 0. The molecule has 0 N–H and O–H groups in total. The van der Waals surface area contributed by atoms with Crippen molar-refractivity contribution in [3.05, 3.63) is 54.1 Å². The highest BCUT2D eigenvalue weighted by Gasteiger charge is 2.29. The summed E-state index contributed by atoms with van der Waals surface area (Å²) in [6.45, 7) is 5.93. The highest BCUT2D eigenvalue weighted by Crippen LogP contribution is 2.24. The van der Waals surface area contributed by atoms with Gasteiger partial charge in [-0.2, -0.15) is 0 Å². The van der Waals surface area contributed by atoms with Crippen molar-refractivity contribution in [1.29, 1.82) is 0 Å². The molecule has 0 radical (unpaired) electrons. The molecule has 0 spiro atoms. The summed E-state index contributed by atoms with van der Waals surface area (Å²) in [4.78, 5) is 19.4. The number of aromatic nitrogens is 2. The Morgan fingerprint density at radius 2 is 1.91 bits per heavy atom. The molecule has 1 aromatic carbocycles. The number of benzene rings is 1. The average Bonchev–Trinajstić information content (AvgIpc) is 2.95. The topological polar surface area (TPSA) is 38.1 Å². The molecule has 4 heteroatoms. The van der Waals surface area contributed by atoms with Gasteiger partial charge in [0.2, 0.25) is 5.91 Å². The molecular weight excluding hydrogens is 274 g/mol. The zero-order valence-corrected chi connectivity index (χ0v) is 13.3. The molecule has 1 aliphatic rings. The summed E-state index contributed by atoms with van der Waals surface area (Å²) in [7, 11) is 0. The summed E-state index contributed by atoms with van der Waals surface area (Å²) in [6, 6.07) is 9.67. The number of nitrogens with zero attached hydrogens (tertiary/aromatic N) is 3. The Kier molecular flexibility index (Phi) is 4.27. The SMILES string of the molecule is Cc1cn(C(C(=O)N2CCC(C)CC2)c2ccccc2)cn1. The molecule has 4 nitrogen and oxygen atoms in total. The molecular formula is C18H23N3O. The first-order valence-corrected chi connectivity index (χ1v) is 7.99. The van der Waals surface area contributed by atoms with Crippen LogP contribution in [-0.2, 0) is 4.79 Å². The van der Waals surface area contributed by atoms with E-state index in [1.54, 1.807) is 6.33 Å². The fourth-order valence-electron chi connectivity index (χ4n) is 3.06. The second kappa shape index (κ2) is 6.34. The average molecular weight is 297 g/mol. The lowest BCUT2D eigenvalue weighted by molar-refractivity contribution is -0.134. The summed E-state index contributed by atoms with van der Waals surface area (Å²) in [5.74, 6) is 0.894. The van der Waals surface area contributed by atoms with Crippen molar-refractivity contribution in [1.82, 2.24) is 14.5 Å². The van der Waals surface area contributed by atoms with Gasteiger partial charge in [0, 0.05) is 19.3 Å². The normalized spacial score (nSPS) is 17.5. The molecule has 2 heterocycles. The molecule has 1 unspecified atom stereocenters. The smallest absolute Gasteiger partial charge is 0.250 e. The predicted octanol–water partition coefficient (Wildman–Crippen LogP) is 3.04. The van der Waals surface area contributed by atoms with Crippen molar-refractivity contribution < 1.29 is 4.79 Å². The van der Waals surface area contributed by atoms with Gasteiger partial charge in [0.15, 0.2) is 0 Å². The number of aryl methyl sites for hydroxylation is 1. The van der Waals surface area contributed by atoms with Crippen molar-refractivity contribution in [2.24, 2.45) is 5.92 Å². The van der Waals surface area contributed by atoms with Crippen LogP contribution in [0.3, 0.4) is 0 Å². The van der Waals surface area contributed by atoms with Crippen LogP contribution in [0.4, 0.5) is 0 Å². The number of imidazole rings is 1. The number of amides is 1. The van der Waals surface area contributed by atoms with Crippen LogP contribution < -0.4 is 0 Å². The monoisotopic (exact) mass is 297 g/mol. The minimum atomic E-state index is -0.309. The van der Waals surface area contributed by atoms with E-state index in [0.29, 0.717) is 0 Å². The zero-order chi connectivity index (χ0) is 15.5. The molecule has 1 atom stereocenters. The third-order valence-corrected chi connectivity index (χ3v) is 4.47. The van der Waals surface area contributed by atoms with Gasteiger partial charge in [-0.1, -0.05) is 37.3 Å². The second-order valence-corrected chi connectivity index (χ2v) is 6.28. The number of carbonyl (C=O) groups is 1. The maximum Gasteiger partial charge on any atom is 0.250 e. The van der Waals surface area contributed by atoms with Gasteiger partial charge in [0.1, 0.15) is 6.04 Å². The van der Waals surface area contributed by atoms with E-state index in [1.807, 2.05) is 52.9 Å². The van der Waals surface area contributed by atoms with E-state index in [2.05, 4.69) is 11.9 Å². The van der Waals surface area contributed by atoms with Crippen LogP contribution in [0.1, 0.15) is 37.1 Å². The van der Waals surface area contributed by atoms with Gasteiger partial charge < -0.3 is 9.47 Å². The van der Waals surface area contributed by atoms with E-state index < -0.39 is 0 Å². The molecule has 1 aliphatic heterocycles. The molecule has 3 rings (SSSR count). The molecule has 1 saturated heterocycles. The van der Waals surface area contributed by atoms with E-state index in [0.717, 1.165) is 43.1 Å². The third-order valence-electron chi connectivity index (χ3n) is 4.47. The fourth-order valence-corrected chi connectivity index (χ4v) is 3.06. The zero-order valence-electron chi connectivity index (χ0n) is 13.3. The van der Waals surface area contributed by atoms with Crippen LogP contribution in [0.5, 0.6) is 0 Å². The van der Waals surface area contributed by atoms with Crippen molar-refractivity contribution in [2.75, 3.05) is 13.1 Å². The fraction of sp³-hybridized carbons (Fsp3) is 0.444. The summed E-state index contributed by atoms with van der Waals surface area (Å²) in [5, 5.41) is 0. The van der Waals surface area contributed by atoms with E-state index in [9.17, 15) is 4.79 Å². The molecule has 116 valence electrons. The largest absolute Gasteiger partial charge is 0.341 e. The van der Waals surface area contributed by atoms with E-state index >= 15 is 0 Å². The Morgan fingerprint density at radius 1 is 1.23 bits per heavy atom. The van der Waals surface area contributed by atoms with Gasteiger partial charge in [0.25, 0.3) is 0 Å². The lowest BCUT2D eigenvalue weighted by Gasteiger charge is -2.33. The number of hydrogen-bond acceptors (Lipinski definition) is 2. The Balaban J connectivity index is 1.90. The van der Waals surface area contributed by atoms with Gasteiger partial charge in [-0.3, -0.25) is 4.79 Å². The highest BCUT2D eigenvalue weighted by molar-refractivity contribution is 5.83. The molecule has 1 amide bonds. The number of carbonyl (C=O) groups excluding carboxylic acids is 1. The Labute approximate surface area is 131 Å². The van der Waals surface area contributed by atoms with Gasteiger partial charge in [-0.15, -0.1) is 0 Å². The lowest BCUT2D eigenvalue weighted by atomic mass is 9.97. The van der Waals surface area contributed by atoms with E-state index in [-0.39, 0.29) is 11.9 Å². The van der Waals surface area contributed by atoms with Gasteiger partial charge >= 0.3 is 0 Å². The standard InChI is InChI=1S/C18H23N3O/c1-14-8-10-20(11-9-14)18(22)17(16-6-4-3-5-7-16)21-12-15(2)19-13-21/h3-7,12-14,17H,8-11H2,1-2H3. The van der Waals surface area contributed by atoms with Crippen LogP contribution in [0.2, 0.25) is 0 Å². The minimum Gasteiger partial charge on any atom is -0.341 e. The molecule has 1 fully saturated rings. The first kappa shape index (κ1) is 14.8. The molecule has 1 aromatic heterocycles. The van der Waals surface area contributed by atoms with Crippen molar-refractivity contribution in [3.63, 3.8) is 0 Å². The first-order chi connectivity index (χ1) is 10.6. The highest BCUT2D eigenvalue weighted by atomic mass is 16.2. The summed E-state index contributed by atoms with van der Waals surface area (Å²) in [5.41, 5.74) is 1.95. The Morgan fingerprint density at radius 3 is 2.50 bits per heavy atom. The van der Waals surface area contributed by atoms with Gasteiger partial charge in [0.05, 0.1) is 12.0 Å². The summed E-state index contributed by atoms with van der Waals surface area (Å²) in [6.07, 6.45) is 5.89. The maximum atomic E-state index is 13.1. The minimum absolute atomic E-state index is 0.176. The first-order valence-electron chi connectivity index (χ1n) is 7.99. The van der Waals surface area contributed by atoms with Crippen LogP contribution in [0.15, 0.2) is 42.9 Å². The van der Waals surface area contributed by atoms with Crippen LogP contribution in [-0.4, -0.2) is 33.4 Å². The maximum absolute atomic E-state index is 13.1. The number of hydrogen-bond donors (Lipinski definition) is 0. The molecule has 22 heavy (non-hydrogen) atoms. The molecule has 2 aromatic rings. The Hall–Kier alpha value is -2.10. The van der Waals surface area contributed by atoms with Crippen molar-refractivity contribution in [2.45, 2.75) is 32.7 Å². The van der Waals surface area contributed by atoms with Crippen LogP contribution in [0, 0.1) is 12.8 Å². The van der Waals surface area contributed by atoms with Crippen LogP contribution in [0.25, 0.3) is 0 Å².